The highest BCUT2D eigenvalue weighted by Crippen LogP contribution is 2.34. The third kappa shape index (κ3) is 2.16. The van der Waals surface area contributed by atoms with Crippen molar-refractivity contribution in [2.45, 2.75) is 13.8 Å². The van der Waals surface area contributed by atoms with Crippen LogP contribution in [0.25, 0.3) is 27.9 Å². The zero-order chi connectivity index (χ0) is 16.1. The molecule has 23 heavy (non-hydrogen) atoms. The topological polar surface area (TPSA) is 62.0 Å². The van der Waals surface area contributed by atoms with Gasteiger partial charge in [0.2, 0.25) is 0 Å². The molecule has 1 aliphatic heterocycles. The van der Waals surface area contributed by atoms with Gasteiger partial charge in [-0.15, -0.1) is 0 Å². The van der Waals surface area contributed by atoms with Crippen molar-refractivity contribution in [2.24, 2.45) is 0 Å². The SMILES string of the molecule is Cc1cc(/C=C2\SC(=O)NC2=O)c(C)c2c1[nH]c1ccccc12. The number of aryl methyl sites for hydroxylation is 2. The van der Waals surface area contributed by atoms with E-state index < -0.39 is 0 Å². The Balaban J connectivity index is 2.00. The molecule has 0 spiro atoms. The van der Waals surface area contributed by atoms with Crippen LogP contribution in [0.5, 0.6) is 0 Å². The molecular weight excluding hydrogens is 308 g/mol. The lowest BCUT2D eigenvalue weighted by molar-refractivity contribution is -0.115. The maximum Gasteiger partial charge on any atom is 0.290 e. The summed E-state index contributed by atoms with van der Waals surface area (Å²) in [6, 6.07) is 10.2. The van der Waals surface area contributed by atoms with Gasteiger partial charge in [-0.25, -0.2) is 0 Å². The molecular formula is C18H14N2O2S. The molecule has 2 amide bonds. The fourth-order valence-electron chi connectivity index (χ4n) is 3.10. The summed E-state index contributed by atoms with van der Waals surface area (Å²) >= 11 is 0.948. The Morgan fingerprint density at radius 3 is 2.65 bits per heavy atom. The molecule has 0 unspecified atom stereocenters. The molecule has 0 radical (unpaired) electrons. The van der Waals surface area contributed by atoms with Crippen LogP contribution in [0.4, 0.5) is 4.79 Å². The number of para-hydroxylation sites is 1. The average molecular weight is 322 g/mol. The first-order valence-electron chi connectivity index (χ1n) is 7.30. The van der Waals surface area contributed by atoms with Gasteiger partial charge in [0.15, 0.2) is 0 Å². The van der Waals surface area contributed by atoms with E-state index in [9.17, 15) is 9.59 Å². The van der Waals surface area contributed by atoms with Crippen LogP contribution in [0.15, 0.2) is 35.2 Å². The Kier molecular flexibility index (Phi) is 3.06. The maximum atomic E-state index is 11.8. The second-order valence-corrected chi connectivity index (χ2v) is 6.70. The average Bonchev–Trinajstić information content (AvgIpc) is 3.05. The van der Waals surface area contributed by atoms with E-state index in [1.807, 2.05) is 26.0 Å². The molecule has 1 aliphatic rings. The summed E-state index contributed by atoms with van der Waals surface area (Å²) in [5, 5.41) is 4.32. The first-order valence-corrected chi connectivity index (χ1v) is 8.12. The van der Waals surface area contributed by atoms with Crippen molar-refractivity contribution in [3.8, 4) is 0 Å². The molecule has 114 valence electrons. The molecule has 1 aromatic heterocycles. The van der Waals surface area contributed by atoms with E-state index in [0.29, 0.717) is 4.91 Å². The number of thioether (sulfide) groups is 1. The van der Waals surface area contributed by atoms with Gasteiger partial charge in [0.25, 0.3) is 11.1 Å². The minimum absolute atomic E-state index is 0.316. The van der Waals surface area contributed by atoms with E-state index in [4.69, 9.17) is 0 Å². The van der Waals surface area contributed by atoms with Crippen molar-refractivity contribution in [3.05, 3.63) is 51.9 Å². The second kappa shape index (κ2) is 4.99. The number of hydrogen-bond acceptors (Lipinski definition) is 3. The molecule has 4 nitrogen and oxygen atoms in total. The van der Waals surface area contributed by atoms with Crippen molar-refractivity contribution in [1.82, 2.24) is 10.3 Å². The summed E-state index contributed by atoms with van der Waals surface area (Å²) in [6.07, 6.45) is 1.80. The molecule has 0 atom stereocenters. The summed E-state index contributed by atoms with van der Waals surface area (Å²) in [5.74, 6) is -0.323. The molecule has 2 heterocycles. The van der Waals surface area contributed by atoms with E-state index in [-0.39, 0.29) is 11.1 Å². The fraction of sp³-hybridized carbons (Fsp3) is 0.111. The van der Waals surface area contributed by atoms with Gasteiger partial charge in [0.05, 0.1) is 4.91 Å². The largest absolute Gasteiger partial charge is 0.354 e. The number of imide groups is 1. The summed E-state index contributed by atoms with van der Waals surface area (Å²) in [4.78, 5) is 27.0. The second-order valence-electron chi connectivity index (χ2n) is 5.68. The number of aromatic amines is 1. The number of H-pyrrole nitrogens is 1. The Morgan fingerprint density at radius 1 is 1.13 bits per heavy atom. The van der Waals surface area contributed by atoms with Gasteiger partial charge in [0, 0.05) is 21.8 Å². The van der Waals surface area contributed by atoms with E-state index >= 15 is 0 Å². The highest BCUT2D eigenvalue weighted by Gasteiger charge is 2.25. The summed E-state index contributed by atoms with van der Waals surface area (Å²) < 4.78 is 0. The van der Waals surface area contributed by atoms with Crippen LogP contribution < -0.4 is 5.32 Å². The predicted molar refractivity (Wildman–Crippen MR) is 94.4 cm³/mol. The first-order chi connectivity index (χ1) is 11.0. The van der Waals surface area contributed by atoms with Gasteiger partial charge in [0.1, 0.15) is 0 Å². The van der Waals surface area contributed by atoms with Gasteiger partial charge in [-0.1, -0.05) is 18.2 Å². The molecule has 2 N–H and O–H groups in total. The number of benzene rings is 2. The lowest BCUT2D eigenvalue weighted by Gasteiger charge is -2.07. The first kappa shape index (κ1) is 14.1. The van der Waals surface area contributed by atoms with Crippen LogP contribution in [0.2, 0.25) is 0 Å². The highest BCUT2D eigenvalue weighted by atomic mass is 32.2. The molecule has 5 heteroatoms. The monoisotopic (exact) mass is 322 g/mol. The summed E-state index contributed by atoms with van der Waals surface area (Å²) in [5.41, 5.74) is 5.39. The number of carbonyl (C=O) groups is 2. The Morgan fingerprint density at radius 2 is 1.91 bits per heavy atom. The van der Waals surface area contributed by atoms with E-state index in [1.54, 1.807) is 6.08 Å². The molecule has 1 saturated heterocycles. The zero-order valence-corrected chi connectivity index (χ0v) is 13.5. The fourth-order valence-corrected chi connectivity index (χ4v) is 3.77. The smallest absolute Gasteiger partial charge is 0.290 e. The third-order valence-corrected chi connectivity index (χ3v) is 5.02. The van der Waals surface area contributed by atoms with Gasteiger partial charge in [-0.3, -0.25) is 14.9 Å². The number of fused-ring (bicyclic) bond motifs is 3. The lowest BCUT2D eigenvalue weighted by atomic mass is 9.98. The number of amides is 2. The van der Waals surface area contributed by atoms with E-state index in [1.165, 1.54) is 10.8 Å². The van der Waals surface area contributed by atoms with Crippen LogP contribution >= 0.6 is 11.8 Å². The molecule has 1 fully saturated rings. The Hall–Kier alpha value is -2.53. The predicted octanol–water partition coefficient (Wildman–Crippen LogP) is 4.26. The summed E-state index contributed by atoms with van der Waals surface area (Å²) in [7, 11) is 0. The molecule has 3 aromatic rings. The maximum absolute atomic E-state index is 11.8. The van der Waals surface area contributed by atoms with Crippen molar-refractivity contribution < 1.29 is 9.59 Å². The lowest BCUT2D eigenvalue weighted by Crippen LogP contribution is -2.17. The van der Waals surface area contributed by atoms with Crippen LogP contribution in [0.1, 0.15) is 16.7 Å². The van der Waals surface area contributed by atoms with E-state index in [2.05, 4.69) is 28.5 Å². The Labute approximate surface area is 136 Å². The zero-order valence-electron chi connectivity index (χ0n) is 12.7. The number of aromatic nitrogens is 1. The van der Waals surface area contributed by atoms with Crippen molar-refractivity contribution in [1.29, 1.82) is 0 Å². The molecule has 0 saturated carbocycles. The molecule has 2 aromatic carbocycles. The van der Waals surface area contributed by atoms with Crippen molar-refractivity contribution in [2.75, 3.05) is 0 Å². The molecule has 4 rings (SSSR count). The minimum atomic E-state index is -0.323. The van der Waals surface area contributed by atoms with Crippen LogP contribution in [-0.2, 0) is 4.79 Å². The van der Waals surface area contributed by atoms with Crippen molar-refractivity contribution >= 4 is 50.8 Å². The Bertz CT molecular complexity index is 1030. The summed E-state index contributed by atoms with van der Waals surface area (Å²) in [6.45, 7) is 4.10. The molecule has 0 aliphatic carbocycles. The highest BCUT2D eigenvalue weighted by molar-refractivity contribution is 8.18. The van der Waals surface area contributed by atoms with Gasteiger partial charge < -0.3 is 4.98 Å². The normalized spacial score (nSPS) is 16.7. The van der Waals surface area contributed by atoms with Crippen LogP contribution in [-0.4, -0.2) is 16.1 Å². The van der Waals surface area contributed by atoms with Gasteiger partial charge >= 0.3 is 0 Å². The van der Waals surface area contributed by atoms with E-state index in [0.717, 1.165) is 39.5 Å². The minimum Gasteiger partial charge on any atom is -0.354 e. The van der Waals surface area contributed by atoms with Gasteiger partial charge in [-0.2, -0.15) is 0 Å². The standard InChI is InChI=1S/C18H14N2O2S/c1-9-7-11(8-14-17(21)20-18(22)23-14)10(2)15-12-5-3-4-6-13(12)19-16(9)15/h3-8,19H,1-2H3,(H,20,21,22)/b14-8-. The van der Waals surface area contributed by atoms with Crippen LogP contribution in [0.3, 0.4) is 0 Å². The third-order valence-electron chi connectivity index (χ3n) is 4.21. The number of rotatable bonds is 1. The van der Waals surface area contributed by atoms with Crippen molar-refractivity contribution in [3.63, 3.8) is 0 Å². The van der Waals surface area contributed by atoms with Gasteiger partial charge in [-0.05, 0) is 60.5 Å². The number of nitrogens with one attached hydrogen (secondary N) is 2. The molecule has 0 bridgehead atoms. The quantitative estimate of drug-likeness (QED) is 0.658. The van der Waals surface area contributed by atoms with Crippen LogP contribution in [0, 0.1) is 13.8 Å². The number of hydrogen-bond donors (Lipinski definition) is 2. The number of carbonyl (C=O) groups excluding carboxylic acids is 2.